The average molecular weight is 251 g/mol. The highest BCUT2D eigenvalue weighted by Crippen LogP contribution is 2.16. The molecule has 102 valence electrons. The van der Waals surface area contributed by atoms with Gasteiger partial charge in [-0.05, 0) is 34.6 Å². The molecule has 0 bridgehead atoms. The van der Waals surface area contributed by atoms with Gasteiger partial charge in [-0.3, -0.25) is 4.90 Å². The molecule has 2 rings (SSSR count). The van der Waals surface area contributed by atoms with Crippen LogP contribution in [-0.4, -0.2) is 45.1 Å². The molecule has 1 saturated heterocycles. The average Bonchev–Trinajstić information content (AvgIpc) is 2.72. The van der Waals surface area contributed by atoms with E-state index in [1.165, 1.54) is 0 Å². The van der Waals surface area contributed by atoms with Crippen LogP contribution in [-0.2, 0) is 12.1 Å². The molecular weight excluding hydrogens is 226 g/mol. The second-order valence-corrected chi connectivity index (χ2v) is 6.35. The maximum atomic E-state index is 4.30. The summed E-state index contributed by atoms with van der Waals surface area (Å²) in [5, 5.41) is 12.0. The fourth-order valence-corrected chi connectivity index (χ4v) is 2.37. The van der Waals surface area contributed by atoms with Crippen molar-refractivity contribution in [3.63, 3.8) is 0 Å². The van der Waals surface area contributed by atoms with E-state index in [0.717, 1.165) is 25.3 Å². The Morgan fingerprint density at radius 2 is 1.89 bits per heavy atom. The molecule has 0 aromatic carbocycles. The quantitative estimate of drug-likeness (QED) is 0.858. The van der Waals surface area contributed by atoms with Crippen LogP contribution in [0.4, 0.5) is 0 Å². The Kier molecular flexibility index (Phi) is 3.73. The van der Waals surface area contributed by atoms with Crippen LogP contribution in [0.5, 0.6) is 0 Å². The summed E-state index contributed by atoms with van der Waals surface area (Å²) >= 11 is 0. The zero-order valence-electron chi connectivity index (χ0n) is 12.1. The van der Waals surface area contributed by atoms with Crippen molar-refractivity contribution in [2.75, 3.05) is 13.1 Å². The first-order valence-corrected chi connectivity index (χ1v) is 6.76. The molecule has 1 N–H and O–H groups in total. The summed E-state index contributed by atoms with van der Waals surface area (Å²) in [7, 11) is 0. The molecule has 0 spiro atoms. The highest BCUT2D eigenvalue weighted by atomic mass is 15.4. The van der Waals surface area contributed by atoms with E-state index < -0.39 is 0 Å². The summed E-state index contributed by atoms with van der Waals surface area (Å²) in [5.74, 6) is 0. The largest absolute Gasteiger partial charge is 0.314 e. The molecule has 0 unspecified atom stereocenters. The van der Waals surface area contributed by atoms with Crippen LogP contribution < -0.4 is 5.32 Å². The summed E-state index contributed by atoms with van der Waals surface area (Å²) < 4.78 is 1.94. The van der Waals surface area contributed by atoms with Gasteiger partial charge < -0.3 is 5.32 Å². The zero-order chi connectivity index (χ0) is 13.3. The van der Waals surface area contributed by atoms with Gasteiger partial charge in [0.25, 0.3) is 0 Å². The molecule has 1 aromatic heterocycles. The smallest absolute Gasteiger partial charge is 0.0967 e. The predicted octanol–water partition coefficient (Wildman–Crippen LogP) is 1.22. The fraction of sp³-hybridized carbons (Fsp3) is 0.846. The Balaban J connectivity index is 2.06. The summed E-state index contributed by atoms with van der Waals surface area (Å²) in [4.78, 5) is 2.49. The molecule has 1 aliphatic rings. The Labute approximate surface area is 110 Å². The minimum atomic E-state index is 0.00589. The minimum Gasteiger partial charge on any atom is -0.314 e. The number of nitrogens with zero attached hydrogens (tertiary/aromatic N) is 4. The van der Waals surface area contributed by atoms with Crippen LogP contribution >= 0.6 is 0 Å². The SMILES string of the molecule is C[C@@H]1CNC[C@H](C)N1Cc1cn(C(C)(C)C)nn1. The van der Waals surface area contributed by atoms with E-state index in [4.69, 9.17) is 0 Å². The van der Waals surface area contributed by atoms with Gasteiger partial charge in [-0.2, -0.15) is 0 Å². The normalized spacial score (nSPS) is 26.5. The summed E-state index contributed by atoms with van der Waals surface area (Å²) in [6.07, 6.45) is 2.07. The Morgan fingerprint density at radius 3 is 2.39 bits per heavy atom. The van der Waals surface area contributed by atoms with Crippen molar-refractivity contribution in [2.45, 2.75) is 58.8 Å². The van der Waals surface area contributed by atoms with E-state index in [0.29, 0.717) is 12.1 Å². The van der Waals surface area contributed by atoms with Crippen LogP contribution in [0, 0.1) is 0 Å². The number of rotatable bonds is 2. The first-order valence-electron chi connectivity index (χ1n) is 6.76. The van der Waals surface area contributed by atoms with Crippen molar-refractivity contribution in [3.8, 4) is 0 Å². The van der Waals surface area contributed by atoms with Gasteiger partial charge in [-0.1, -0.05) is 5.21 Å². The molecule has 5 nitrogen and oxygen atoms in total. The number of hydrogen-bond acceptors (Lipinski definition) is 4. The van der Waals surface area contributed by atoms with Crippen molar-refractivity contribution in [1.29, 1.82) is 0 Å². The Bertz CT molecular complexity index is 382. The van der Waals surface area contributed by atoms with Crippen molar-refractivity contribution in [3.05, 3.63) is 11.9 Å². The van der Waals surface area contributed by atoms with Gasteiger partial charge in [0.05, 0.1) is 17.4 Å². The predicted molar refractivity (Wildman–Crippen MR) is 72.4 cm³/mol. The first kappa shape index (κ1) is 13.5. The fourth-order valence-electron chi connectivity index (χ4n) is 2.37. The second-order valence-electron chi connectivity index (χ2n) is 6.35. The van der Waals surface area contributed by atoms with Crippen LogP contribution in [0.3, 0.4) is 0 Å². The van der Waals surface area contributed by atoms with Crippen molar-refractivity contribution in [1.82, 2.24) is 25.2 Å². The third-order valence-electron chi connectivity index (χ3n) is 3.58. The molecule has 2 atom stereocenters. The number of piperazine rings is 1. The lowest BCUT2D eigenvalue weighted by molar-refractivity contribution is 0.107. The Hall–Kier alpha value is -0.940. The molecule has 1 fully saturated rings. The van der Waals surface area contributed by atoms with Crippen molar-refractivity contribution < 1.29 is 0 Å². The summed E-state index contributed by atoms with van der Waals surface area (Å²) in [6, 6.07) is 1.10. The number of nitrogens with one attached hydrogen (secondary N) is 1. The van der Waals surface area contributed by atoms with Crippen molar-refractivity contribution >= 4 is 0 Å². The van der Waals surface area contributed by atoms with Gasteiger partial charge in [-0.15, -0.1) is 5.10 Å². The van der Waals surface area contributed by atoms with Crippen LogP contribution in [0.25, 0.3) is 0 Å². The van der Waals surface area contributed by atoms with Crippen molar-refractivity contribution in [2.24, 2.45) is 0 Å². The maximum Gasteiger partial charge on any atom is 0.0967 e. The Morgan fingerprint density at radius 1 is 1.28 bits per heavy atom. The second kappa shape index (κ2) is 4.97. The van der Waals surface area contributed by atoms with Gasteiger partial charge in [0.15, 0.2) is 0 Å². The van der Waals surface area contributed by atoms with Gasteiger partial charge in [-0.25, -0.2) is 4.68 Å². The molecule has 5 heteroatoms. The number of aromatic nitrogens is 3. The van der Waals surface area contributed by atoms with Gasteiger partial charge in [0.2, 0.25) is 0 Å². The summed E-state index contributed by atoms with van der Waals surface area (Å²) in [6.45, 7) is 13.9. The van der Waals surface area contributed by atoms with E-state index >= 15 is 0 Å². The lowest BCUT2D eigenvalue weighted by Crippen LogP contribution is -2.54. The van der Waals surface area contributed by atoms with E-state index in [-0.39, 0.29) is 5.54 Å². The van der Waals surface area contributed by atoms with E-state index in [1.807, 2.05) is 4.68 Å². The standard InChI is InChI=1S/C13H25N5/c1-10-6-14-7-11(2)17(10)8-12-9-18(16-15-12)13(3,4)5/h9-11,14H,6-8H2,1-5H3/t10-,11+. The van der Waals surface area contributed by atoms with E-state index in [1.54, 1.807) is 0 Å². The molecule has 0 aliphatic carbocycles. The highest BCUT2D eigenvalue weighted by molar-refractivity contribution is 4.97. The monoisotopic (exact) mass is 251 g/mol. The lowest BCUT2D eigenvalue weighted by Gasteiger charge is -2.38. The minimum absolute atomic E-state index is 0.00589. The molecule has 18 heavy (non-hydrogen) atoms. The molecule has 2 heterocycles. The first-order chi connectivity index (χ1) is 8.38. The molecule has 0 radical (unpaired) electrons. The maximum absolute atomic E-state index is 4.30. The molecule has 1 aliphatic heterocycles. The topological polar surface area (TPSA) is 46.0 Å². The van der Waals surface area contributed by atoms with Crippen LogP contribution in [0.1, 0.15) is 40.3 Å². The highest BCUT2D eigenvalue weighted by Gasteiger charge is 2.25. The lowest BCUT2D eigenvalue weighted by atomic mass is 10.1. The molecule has 0 saturated carbocycles. The molecule has 1 aromatic rings. The molecular formula is C13H25N5. The number of hydrogen-bond donors (Lipinski definition) is 1. The summed E-state index contributed by atoms with van der Waals surface area (Å²) in [5.41, 5.74) is 1.07. The van der Waals surface area contributed by atoms with Crippen LogP contribution in [0.2, 0.25) is 0 Å². The third kappa shape index (κ3) is 2.90. The van der Waals surface area contributed by atoms with E-state index in [9.17, 15) is 0 Å². The van der Waals surface area contributed by atoms with Gasteiger partial charge >= 0.3 is 0 Å². The van der Waals surface area contributed by atoms with Crippen LogP contribution in [0.15, 0.2) is 6.20 Å². The van der Waals surface area contributed by atoms with E-state index in [2.05, 4.69) is 61.3 Å². The van der Waals surface area contributed by atoms with Gasteiger partial charge in [0, 0.05) is 31.7 Å². The molecule has 0 amide bonds. The van der Waals surface area contributed by atoms with Gasteiger partial charge in [0.1, 0.15) is 0 Å². The third-order valence-corrected chi connectivity index (χ3v) is 3.58. The zero-order valence-corrected chi connectivity index (χ0v) is 12.1.